The van der Waals surface area contributed by atoms with Gasteiger partial charge in [0, 0.05) is 18.6 Å². The molecule has 1 aliphatic carbocycles. The fraction of sp³-hybridized carbons (Fsp3) is 0.929. The predicted molar refractivity (Wildman–Crippen MR) is 69.8 cm³/mol. The van der Waals surface area contributed by atoms with E-state index in [0.29, 0.717) is 23.9 Å². The first-order valence-electron chi connectivity index (χ1n) is 7.13. The second-order valence-electron chi connectivity index (χ2n) is 6.08. The zero-order valence-corrected chi connectivity index (χ0v) is 11.4. The summed E-state index contributed by atoms with van der Waals surface area (Å²) in [6.07, 6.45) is 4.60. The van der Waals surface area contributed by atoms with Gasteiger partial charge in [-0.3, -0.25) is 4.79 Å². The van der Waals surface area contributed by atoms with Gasteiger partial charge in [0.15, 0.2) is 0 Å². The molecule has 1 N–H and O–H groups in total. The third-order valence-corrected chi connectivity index (χ3v) is 4.06. The van der Waals surface area contributed by atoms with E-state index < -0.39 is 0 Å². The lowest BCUT2D eigenvalue weighted by atomic mass is 9.99. The Bertz CT molecular complexity index is 273. The highest BCUT2D eigenvalue weighted by Crippen LogP contribution is 2.30. The molecular weight excluding hydrogens is 212 g/mol. The molecule has 17 heavy (non-hydrogen) atoms. The number of rotatable bonds is 5. The Labute approximate surface area is 105 Å². The summed E-state index contributed by atoms with van der Waals surface area (Å²) < 4.78 is 0. The minimum absolute atomic E-state index is 0.225. The highest BCUT2D eigenvalue weighted by Gasteiger charge is 2.38. The van der Waals surface area contributed by atoms with Gasteiger partial charge in [-0.1, -0.05) is 13.8 Å². The Morgan fingerprint density at radius 1 is 1.35 bits per heavy atom. The zero-order valence-electron chi connectivity index (χ0n) is 11.4. The lowest BCUT2D eigenvalue weighted by molar-refractivity contribution is -0.136. The number of carbonyl (C=O) groups excluding carboxylic acids is 1. The van der Waals surface area contributed by atoms with Crippen LogP contribution in [-0.2, 0) is 4.79 Å². The molecule has 0 aromatic carbocycles. The highest BCUT2D eigenvalue weighted by atomic mass is 16.2. The smallest absolute Gasteiger partial charge is 0.227 e. The molecule has 0 aromatic heterocycles. The Morgan fingerprint density at radius 2 is 2.06 bits per heavy atom. The molecular formula is C14H26N2O. The van der Waals surface area contributed by atoms with Crippen molar-refractivity contribution in [2.45, 2.75) is 58.5 Å². The van der Waals surface area contributed by atoms with Crippen molar-refractivity contribution in [1.29, 1.82) is 0 Å². The van der Waals surface area contributed by atoms with Crippen LogP contribution in [0, 0.1) is 11.8 Å². The van der Waals surface area contributed by atoms with Crippen molar-refractivity contribution in [2.75, 3.05) is 13.1 Å². The molecule has 1 amide bonds. The normalized spacial score (nSPS) is 28.7. The monoisotopic (exact) mass is 238 g/mol. The molecule has 0 radical (unpaired) electrons. The summed E-state index contributed by atoms with van der Waals surface area (Å²) in [5.41, 5.74) is 0. The summed E-state index contributed by atoms with van der Waals surface area (Å²) in [6.45, 7) is 8.57. The molecule has 2 rings (SSSR count). The van der Waals surface area contributed by atoms with Crippen LogP contribution < -0.4 is 5.32 Å². The molecule has 2 aliphatic rings. The third kappa shape index (κ3) is 3.21. The minimum atomic E-state index is 0.225. The highest BCUT2D eigenvalue weighted by molar-refractivity contribution is 5.80. The SMILES string of the molecule is CC(C)CCN(C(=O)C1CCNC1C)C1CC1. The molecule has 3 heteroatoms. The van der Waals surface area contributed by atoms with E-state index >= 15 is 0 Å². The fourth-order valence-corrected chi connectivity index (χ4v) is 2.67. The second kappa shape index (κ2) is 5.38. The van der Waals surface area contributed by atoms with Crippen LogP contribution in [0.2, 0.25) is 0 Å². The first-order chi connectivity index (χ1) is 8.09. The molecule has 0 spiro atoms. The van der Waals surface area contributed by atoms with Crippen LogP contribution in [0.4, 0.5) is 0 Å². The molecule has 2 atom stereocenters. The molecule has 0 aromatic rings. The predicted octanol–water partition coefficient (Wildman–Crippen LogP) is 2.02. The zero-order chi connectivity index (χ0) is 12.4. The minimum Gasteiger partial charge on any atom is -0.339 e. The summed E-state index contributed by atoms with van der Waals surface area (Å²) in [5, 5.41) is 3.38. The summed E-state index contributed by atoms with van der Waals surface area (Å²) in [4.78, 5) is 14.7. The van der Waals surface area contributed by atoms with Gasteiger partial charge in [-0.2, -0.15) is 0 Å². The van der Waals surface area contributed by atoms with Gasteiger partial charge in [0.2, 0.25) is 5.91 Å². The van der Waals surface area contributed by atoms with E-state index in [4.69, 9.17) is 0 Å². The van der Waals surface area contributed by atoms with E-state index in [9.17, 15) is 4.79 Å². The van der Waals surface area contributed by atoms with Crippen LogP contribution >= 0.6 is 0 Å². The van der Waals surface area contributed by atoms with Crippen molar-refractivity contribution in [1.82, 2.24) is 10.2 Å². The van der Waals surface area contributed by atoms with E-state index in [1.807, 2.05) is 0 Å². The molecule has 1 saturated carbocycles. The summed E-state index contributed by atoms with van der Waals surface area (Å²) >= 11 is 0. The Hall–Kier alpha value is -0.570. The maximum Gasteiger partial charge on any atom is 0.227 e. The van der Waals surface area contributed by atoms with Gasteiger partial charge in [0.1, 0.15) is 0 Å². The maximum absolute atomic E-state index is 12.5. The topological polar surface area (TPSA) is 32.3 Å². The van der Waals surface area contributed by atoms with E-state index in [-0.39, 0.29) is 5.92 Å². The van der Waals surface area contributed by atoms with Crippen LogP contribution in [0.15, 0.2) is 0 Å². The van der Waals surface area contributed by atoms with Gasteiger partial charge in [0.05, 0.1) is 5.92 Å². The van der Waals surface area contributed by atoms with Gasteiger partial charge in [-0.05, 0) is 45.1 Å². The van der Waals surface area contributed by atoms with Gasteiger partial charge in [0.25, 0.3) is 0 Å². The number of nitrogens with one attached hydrogen (secondary N) is 1. The van der Waals surface area contributed by atoms with Crippen molar-refractivity contribution >= 4 is 5.91 Å². The molecule has 98 valence electrons. The van der Waals surface area contributed by atoms with E-state index in [1.54, 1.807) is 0 Å². The van der Waals surface area contributed by atoms with Crippen LogP contribution in [-0.4, -0.2) is 36.0 Å². The van der Waals surface area contributed by atoms with Gasteiger partial charge < -0.3 is 10.2 Å². The molecule has 3 nitrogen and oxygen atoms in total. The molecule has 2 fully saturated rings. The van der Waals surface area contributed by atoms with Gasteiger partial charge >= 0.3 is 0 Å². The van der Waals surface area contributed by atoms with E-state index in [0.717, 1.165) is 25.9 Å². The maximum atomic E-state index is 12.5. The van der Waals surface area contributed by atoms with Crippen LogP contribution in [0.1, 0.15) is 46.5 Å². The Kier molecular flexibility index (Phi) is 4.08. The molecule has 1 saturated heterocycles. The van der Waals surface area contributed by atoms with Crippen molar-refractivity contribution in [3.8, 4) is 0 Å². The first-order valence-corrected chi connectivity index (χ1v) is 7.13. The summed E-state index contributed by atoms with van der Waals surface area (Å²) in [7, 11) is 0. The van der Waals surface area contributed by atoms with Crippen molar-refractivity contribution in [2.24, 2.45) is 11.8 Å². The standard InChI is InChI=1S/C14H26N2O/c1-10(2)7-9-16(12-4-5-12)14(17)13-6-8-15-11(13)3/h10-13,15H,4-9H2,1-3H3. The Balaban J connectivity index is 1.92. The van der Waals surface area contributed by atoms with Crippen molar-refractivity contribution in [3.63, 3.8) is 0 Å². The number of hydrogen-bond acceptors (Lipinski definition) is 2. The van der Waals surface area contributed by atoms with Gasteiger partial charge in [-0.25, -0.2) is 0 Å². The molecule has 1 heterocycles. The van der Waals surface area contributed by atoms with Crippen LogP contribution in [0.25, 0.3) is 0 Å². The number of nitrogens with zero attached hydrogens (tertiary/aromatic N) is 1. The quantitative estimate of drug-likeness (QED) is 0.795. The van der Waals surface area contributed by atoms with Gasteiger partial charge in [-0.15, -0.1) is 0 Å². The molecule has 0 bridgehead atoms. The second-order valence-corrected chi connectivity index (χ2v) is 6.08. The first kappa shape index (κ1) is 12.9. The number of hydrogen-bond donors (Lipinski definition) is 1. The average Bonchev–Trinajstić information content (AvgIpc) is 3.00. The molecule has 2 unspecified atom stereocenters. The van der Waals surface area contributed by atoms with Crippen LogP contribution in [0.5, 0.6) is 0 Å². The number of amides is 1. The fourth-order valence-electron chi connectivity index (χ4n) is 2.67. The van der Waals surface area contributed by atoms with E-state index in [2.05, 4.69) is 31.0 Å². The van der Waals surface area contributed by atoms with E-state index in [1.165, 1.54) is 12.8 Å². The van der Waals surface area contributed by atoms with Crippen LogP contribution in [0.3, 0.4) is 0 Å². The molecule has 1 aliphatic heterocycles. The third-order valence-electron chi connectivity index (χ3n) is 4.06. The lowest BCUT2D eigenvalue weighted by Crippen LogP contribution is -2.42. The lowest BCUT2D eigenvalue weighted by Gasteiger charge is -2.27. The average molecular weight is 238 g/mol. The number of carbonyl (C=O) groups is 1. The Morgan fingerprint density at radius 3 is 2.53 bits per heavy atom. The summed E-state index contributed by atoms with van der Waals surface area (Å²) in [5.74, 6) is 1.32. The largest absolute Gasteiger partial charge is 0.339 e. The summed E-state index contributed by atoms with van der Waals surface area (Å²) in [6, 6.07) is 0.928. The van der Waals surface area contributed by atoms with Crippen molar-refractivity contribution < 1.29 is 4.79 Å². The van der Waals surface area contributed by atoms with Crippen molar-refractivity contribution in [3.05, 3.63) is 0 Å².